The summed E-state index contributed by atoms with van der Waals surface area (Å²) in [7, 11) is 0. The van der Waals surface area contributed by atoms with E-state index < -0.39 is 17.2 Å². The summed E-state index contributed by atoms with van der Waals surface area (Å²) in [4.78, 5) is 36.0. The highest BCUT2D eigenvalue weighted by molar-refractivity contribution is 9.10. The Bertz CT molecular complexity index is 1380. The highest BCUT2D eigenvalue weighted by Crippen LogP contribution is 2.33. The van der Waals surface area contributed by atoms with Gasteiger partial charge < -0.3 is 13.6 Å². The third-order valence-electron chi connectivity index (χ3n) is 4.35. The smallest absolute Gasteiger partial charge is 0.344 e. The van der Waals surface area contributed by atoms with Crippen molar-refractivity contribution in [1.29, 1.82) is 0 Å². The van der Waals surface area contributed by atoms with Crippen LogP contribution in [0.25, 0.3) is 33.1 Å². The standard InChI is InChI=1S/C21H13BrO6/c1-10-17(26-11(2)23)6-4-14-15(9-19(24)28-20(10)14)16-8-12-7-13(22)3-5-18(12)27-21(16)25/h3-9H,1-2H3. The number of fused-ring (bicyclic) bond motifs is 2. The molecule has 0 saturated carbocycles. The number of benzene rings is 2. The largest absolute Gasteiger partial charge is 0.426 e. The molecule has 0 spiro atoms. The molecule has 0 aliphatic rings. The maximum atomic E-state index is 12.6. The molecule has 6 nitrogen and oxygen atoms in total. The molecule has 0 aliphatic heterocycles. The minimum absolute atomic E-state index is 0.239. The Morgan fingerprint density at radius 3 is 2.54 bits per heavy atom. The van der Waals surface area contributed by atoms with Crippen molar-refractivity contribution in [2.75, 3.05) is 0 Å². The number of ether oxygens (including phenoxy) is 1. The van der Waals surface area contributed by atoms with Crippen molar-refractivity contribution in [1.82, 2.24) is 0 Å². The summed E-state index contributed by atoms with van der Waals surface area (Å²) in [6.45, 7) is 2.96. The zero-order valence-electron chi connectivity index (χ0n) is 14.9. The van der Waals surface area contributed by atoms with Crippen molar-refractivity contribution in [2.45, 2.75) is 13.8 Å². The molecule has 0 N–H and O–H groups in total. The highest BCUT2D eigenvalue weighted by atomic mass is 79.9. The van der Waals surface area contributed by atoms with Gasteiger partial charge in [0.1, 0.15) is 16.9 Å². The van der Waals surface area contributed by atoms with Crippen LogP contribution < -0.4 is 16.0 Å². The Morgan fingerprint density at radius 1 is 1.00 bits per heavy atom. The zero-order chi connectivity index (χ0) is 20.0. The number of carbonyl (C=O) groups excluding carboxylic acids is 1. The average molecular weight is 441 g/mol. The summed E-state index contributed by atoms with van der Waals surface area (Å²) in [6, 6.07) is 11.5. The van der Waals surface area contributed by atoms with Crippen LogP contribution in [0.15, 0.2) is 65.4 Å². The maximum Gasteiger partial charge on any atom is 0.344 e. The van der Waals surface area contributed by atoms with Crippen LogP contribution in [-0.4, -0.2) is 5.97 Å². The van der Waals surface area contributed by atoms with E-state index in [-0.39, 0.29) is 16.9 Å². The monoisotopic (exact) mass is 440 g/mol. The van der Waals surface area contributed by atoms with Crippen LogP contribution in [0, 0.1) is 6.92 Å². The van der Waals surface area contributed by atoms with Crippen LogP contribution >= 0.6 is 15.9 Å². The molecule has 0 bridgehead atoms. The fourth-order valence-electron chi connectivity index (χ4n) is 3.11. The normalized spacial score (nSPS) is 11.1. The molecule has 4 rings (SSSR count). The van der Waals surface area contributed by atoms with Gasteiger partial charge in [0.25, 0.3) is 0 Å². The molecule has 0 radical (unpaired) electrons. The first-order valence-corrected chi connectivity index (χ1v) is 9.12. The molecule has 4 aromatic rings. The lowest BCUT2D eigenvalue weighted by Gasteiger charge is -2.10. The highest BCUT2D eigenvalue weighted by Gasteiger charge is 2.17. The van der Waals surface area contributed by atoms with E-state index in [1.807, 2.05) is 6.07 Å². The quantitative estimate of drug-likeness (QED) is 0.258. The molecule has 2 heterocycles. The summed E-state index contributed by atoms with van der Waals surface area (Å²) in [5.74, 6) is -0.198. The van der Waals surface area contributed by atoms with Crippen molar-refractivity contribution in [3.63, 3.8) is 0 Å². The summed E-state index contributed by atoms with van der Waals surface area (Å²) in [5.41, 5.74) is 0.609. The minimum Gasteiger partial charge on any atom is -0.426 e. The topological polar surface area (TPSA) is 86.7 Å². The lowest BCUT2D eigenvalue weighted by Crippen LogP contribution is -2.08. The first-order valence-electron chi connectivity index (χ1n) is 8.33. The Hall–Kier alpha value is -3.19. The van der Waals surface area contributed by atoms with Crippen molar-refractivity contribution >= 4 is 43.8 Å². The predicted molar refractivity (Wildman–Crippen MR) is 108 cm³/mol. The summed E-state index contributed by atoms with van der Waals surface area (Å²) in [6.07, 6.45) is 0. The first kappa shape index (κ1) is 18.2. The Balaban J connectivity index is 2.04. The van der Waals surface area contributed by atoms with Crippen LogP contribution in [0.2, 0.25) is 0 Å². The molecule has 140 valence electrons. The van der Waals surface area contributed by atoms with E-state index in [0.717, 1.165) is 4.47 Å². The zero-order valence-corrected chi connectivity index (χ0v) is 16.5. The number of hydrogen-bond donors (Lipinski definition) is 0. The Morgan fingerprint density at radius 2 is 1.79 bits per heavy atom. The van der Waals surface area contributed by atoms with Crippen LogP contribution in [0.3, 0.4) is 0 Å². The summed E-state index contributed by atoms with van der Waals surface area (Å²) >= 11 is 3.39. The second-order valence-corrected chi connectivity index (χ2v) is 7.18. The van der Waals surface area contributed by atoms with Gasteiger partial charge in [-0.3, -0.25) is 4.79 Å². The molecule has 2 aromatic carbocycles. The summed E-state index contributed by atoms with van der Waals surface area (Å²) < 4.78 is 16.7. The van der Waals surface area contributed by atoms with E-state index in [1.54, 1.807) is 37.3 Å². The van der Waals surface area contributed by atoms with E-state index >= 15 is 0 Å². The number of halogens is 1. The lowest BCUT2D eigenvalue weighted by atomic mass is 10.0. The predicted octanol–water partition coefficient (Wildman–Crippen LogP) is 4.56. The first-order chi connectivity index (χ1) is 13.3. The van der Waals surface area contributed by atoms with Gasteiger partial charge in [0, 0.05) is 39.4 Å². The van der Waals surface area contributed by atoms with E-state index in [1.165, 1.54) is 13.0 Å². The third kappa shape index (κ3) is 3.14. The van der Waals surface area contributed by atoms with E-state index in [2.05, 4.69) is 15.9 Å². The van der Waals surface area contributed by atoms with Gasteiger partial charge in [-0.2, -0.15) is 0 Å². The second-order valence-electron chi connectivity index (χ2n) is 6.27. The van der Waals surface area contributed by atoms with Crippen LogP contribution in [0.4, 0.5) is 0 Å². The number of hydrogen-bond acceptors (Lipinski definition) is 6. The fraction of sp³-hybridized carbons (Fsp3) is 0.0952. The van der Waals surface area contributed by atoms with Crippen LogP contribution in [-0.2, 0) is 4.79 Å². The Kier molecular flexibility index (Phi) is 4.39. The van der Waals surface area contributed by atoms with Crippen LogP contribution in [0.5, 0.6) is 5.75 Å². The van der Waals surface area contributed by atoms with Gasteiger partial charge >= 0.3 is 17.2 Å². The van der Waals surface area contributed by atoms with Crippen molar-refractivity contribution in [3.8, 4) is 16.9 Å². The SMILES string of the molecule is CC(=O)Oc1ccc2c(-c3cc4cc(Br)ccc4oc3=O)cc(=O)oc2c1C. The van der Waals surface area contributed by atoms with E-state index in [0.29, 0.717) is 27.5 Å². The number of esters is 1. The molecule has 7 heteroatoms. The van der Waals surface area contributed by atoms with Crippen molar-refractivity contribution < 1.29 is 18.4 Å². The van der Waals surface area contributed by atoms with Gasteiger partial charge in [0.05, 0.1) is 5.56 Å². The molecular weight excluding hydrogens is 428 g/mol. The molecule has 0 saturated heterocycles. The third-order valence-corrected chi connectivity index (χ3v) is 4.84. The van der Waals surface area contributed by atoms with Crippen molar-refractivity contribution in [3.05, 3.63) is 73.3 Å². The van der Waals surface area contributed by atoms with E-state index in [9.17, 15) is 14.4 Å². The molecule has 2 aromatic heterocycles. The van der Waals surface area contributed by atoms with Crippen molar-refractivity contribution in [2.24, 2.45) is 0 Å². The minimum atomic E-state index is -0.626. The van der Waals surface area contributed by atoms with Gasteiger partial charge in [-0.25, -0.2) is 9.59 Å². The average Bonchev–Trinajstić information content (AvgIpc) is 2.63. The molecular formula is C21H13BrO6. The lowest BCUT2D eigenvalue weighted by molar-refractivity contribution is -0.131. The molecule has 0 amide bonds. The van der Waals surface area contributed by atoms with Gasteiger partial charge in [0.15, 0.2) is 0 Å². The van der Waals surface area contributed by atoms with Gasteiger partial charge in [-0.15, -0.1) is 0 Å². The Labute approximate surface area is 166 Å². The van der Waals surface area contributed by atoms with Gasteiger partial charge in [-0.05, 0) is 43.3 Å². The van der Waals surface area contributed by atoms with Gasteiger partial charge in [-0.1, -0.05) is 15.9 Å². The maximum absolute atomic E-state index is 12.6. The van der Waals surface area contributed by atoms with E-state index in [4.69, 9.17) is 13.6 Å². The molecule has 0 unspecified atom stereocenters. The van der Waals surface area contributed by atoms with Gasteiger partial charge in [0.2, 0.25) is 0 Å². The fourth-order valence-corrected chi connectivity index (χ4v) is 3.49. The number of aryl methyl sites for hydroxylation is 1. The van der Waals surface area contributed by atoms with Crippen LogP contribution in [0.1, 0.15) is 12.5 Å². The molecule has 0 fully saturated rings. The summed E-state index contributed by atoms with van der Waals surface area (Å²) in [5, 5.41) is 1.24. The molecule has 0 aliphatic carbocycles. The number of rotatable bonds is 2. The number of carbonyl (C=O) groups is 1. The molecule has 28 heavy (non-hydrogen) atoms. The molecule has 0 atom stereocenters. The second kappa shape index (κ2) is 6.76.